The zero-order chi connectivity index (χ0) is 15.3. The molecule has 0 saturated heterocycles. The number of rotatable bonds is 1. The van der Waals surface area contributed by atoms with Gasteiger partial charge in [0.2, 0.25) is 0 Å². The van der Waals surface area contributed by atoms with Gasteiger partial charge in [-0.2, -0.15) is 0 Å². The highest BCUT2D eigenvalue weighted by molar-refractivity contribution is 5.82. The number of methoxy groups -OCH3 is 1. The van der Waals surface area contributed by atoms with Gasteiger partial charge >= 0.3 is 0 Å². The molecule has 3 aliphatic carbocycles. The fourth-order valence-electron chi connectivity index (χ4n) is 5.12. The van der Waals surface area contributed by atoms with E-state index in [-0.39, 0.29) is 5.41 Å². The maximum Gasteiger partial charge on any atom is 0.133 e. The van der Waals surface area contributed by atoms with Crippen LogP contribution in [0.2, 0.25) is 0 Å². The highest BCUT2D eigenvalue weighted by Crippen LogP contribution is 2.57. The lowest BCUT2D eigenvalue weighted by Crippen LogP contribution is -2.40. The van der Waals surface area contributed by atoms with Crippen molar-refractivity contribution < 1.29 is 9.53 Å². The molecule has 0 aliphatic heterocycles. The van der Waals surface area contributed by atoms with Crippen LogP contribution in [-0.2, 0) is 11.2 Å². The third-order valence-electron chi connectivity index (χ3n) is 6.40. The summed E-state index contributed by atoms with van der Waals surface area (Å²) in [5.74, 6) is 2.08. The van der Waals surface area contributed by atoms with E-state index in [1.807, 2.05) is 0 Å². The second kappa shape index (κ2) is 4.97. The second-order valence-electron chi connectivity index (χ2n) is 7.34. The van der Waals surface area contributed by atoms with Crippen molar-refractivity contribution in [1.82, 2.24) is 0 Å². The zero-order valence-corrected chi connectivity index (χ0v) is 13.6. The van der Waals surface area contributed by atoms with Crippen molar-refractivity contribution in [2.45, 2.75) is 51.9 Å². The molecule has 1 fully saturated rings. The number of hydrogen-bond acceptors (Lipinski definition) is 2. The van der Waals surface area contributed by atoms with Crippen molar-refractivity contribution in [3.8, 4) is 5.75 Å². The van der Waals surface area contributed by atoms with Gasteiger partial charge in [0.25, 0.3) is 0 Å². The molecule has 1 aromatic carbocycles. The minimum absolute atomic E-state index is 0.252. The van der Waals surface area contributed by atoms with Crippen molar-refractivity contribution in [3.63, 3.8) is 0 Å². The van der Waals surface area contributed by atoms with Crippen molar-refractivity contribution >= 4 is 11.4 Å². The van der Waals surface area contributed by atoms with E-state index >= 15 is 0 Å². The minimum Gasteiger partial charge on any atom is -0.496 e. The van der Waals surface area contributed by atoms with Gasteiger partial charge in [-0.25, -0.2) is 0 Å². The van der Waals surface area contributed by atoms with Crippen LogP contribution in [0.15, 0.2) is 23.8 Å². The summed E-state index contributed by atoms with van der Waals surface area (Å²) >= 11 is 0. The standard InChI is InChI=1S/C20H24O2/c1-20-11-10-14(21)12-13(20)6-7-16-15-4-3-5-19(22-2)17(15)8-9-18(16)20/h3-5,13H,6-12H2,1-2H3/t13-,20?/m1/s1. The van der Waals surface area contributed by atoms with Gasteiger partial charge in [-0.15, -0.1) is 0 Å². The van der Waals surface area contributed by atoms with Gasteiger partial charge in [-0.05, 0) is 60.6 Å². The van der Waals surface area contributed by atoms with E-state index in [0.717, 1.165) is 50.7 Å². The molecule has 3 aliphatic rings. The number of hydrogen-bond donors (Lipinski definition) is 0. The Bertz CT molecular complexity index is 670. The van der Waals surface area contributed by atoms with Crippen LogP contribution >= 0.6 is 0 Å². The van der Waals surface area contributed by atoms with Gasteiger partial charge in [-0.3, -0.25) is 4.79 Å². The quantitative estimate of drug-likeness (QED) is 0.759. The highest BCUT2D eigenvalue weighted by Gasteiger charge is 2.46. The number of carbonyl (C=O) groups excluding carboxylic acids is 1. The minimum atomic E-state index is 0.252. The number of fused-ring (bicyclic) bond motifs is 4. The SMILES string of the molecule is COc1cccc2c1CCC1=C2CC[C@@H]2CC(=O)CCC12C. The van der Waals surface area contributed by atoms with Gasteiger partial charge < -0.3 is 4.74 Å². The number of ether oxygens (including phenoxy) is 1. The van der Waals surface area contributed by atoms with Crippen LogP contribution in [0.1, 0.15) is 56.6 Å². The van der Waals surface area contributed by atoms with Crippen molar-refractivity contribution in [1.29, 1.82) is 0 Å². The van der Waals surface area contributed by atoms with Crippen LogP contribution in [0, 0.1) is 11.3 Å². The lowest BCUT2D eigenvalue weighted by Gasteiger charge is -2.49. The molecule has 0 aromatic heterocycles. The molecule has 0 amide bonds. The predicted molar refractivity (Wildman–Crippen MR) is 87.9 cm³/mol. The monoisotopic (exact) mass is 296 g/mol. The fourth-order valence-corrected chi connectivity index (χ4v) is 5.12. The number of carbonyl (C=O) groups is 1. The number of benzene rings is 1. The third-order valence-corrected chi connectivity index (χ3v) is 6.40. The summed E-state index contributed by atoms with van der Waals surface area (Å²) in [6.45, 7) is 2.42. The first kappa shape index (κ1) is 14.0. The van der Waals surface area contributed by atoms with Crippen LogP contribution in [0.5, 0.6) is 5.75 Å². The van der Waals surface area contributed by atoms with E-state index in [1.54, 1.807) is 18.3 Å². The summed E-state index contributed by atoms with van der Waals surface area (Å²) in [7, 11) is 1.77. The Hall–Kier alpha value is -1.57. The molecule has 2 nitrogen and oxygen atoms in total. The first-order chi connectivity index (χ1) is 10.6. The van der Waals surface area contributed by atoms with E-state index < -0.39 is 0 Å². The first-order valence-corrected chi connectivity index (χ1v) is 8.54. The van der Waals surface area contributed by atoms with Gasteiger partial charge in [0, 0.05) is 18.4 Å². The normalized spacial score (nSPS) is 30.5. The molecule has 0 spiro atoms. The maximum absolute atomic E-state index is 11.9. The van der Waals surface area contributed by atoms with Crippen molar-refractivity contribution in [3.05, 3.63) is 34.9 Å². The molecule has 0 N–H and O–H groups in total. The maximum atomic E-state index is 11.9. The van der Waals surface area contributed by atoms with Crippen molar-refractivity contribution in [2.75, 3.05) is 7.11 Å². The molecule has 0 bridgehead atoms. The molecule has 116 valence electrons. The van der Waals surface area contributed by atoms with E-state index in [9.17, 15) is 4.79 Å². The molecule has 0 radical (unpaired) electrons. The summed E-state index contributed by atoms with van der Waals surface area (Å²) < 4.78 is 5.57. The second-order valence-corrected chi connectivity index (χ2v) is 7.34. The molecule has 2 atom stereocenters. The Morgan fingerprint density at radius 3 is 2.86 bits per heavy atom. The Labute approximate surface area is 132 Å². The van der Waals surface area contributed by atoms with Gasteiger partial charge in [-0.1, -0.05) is 24.6 Å². The van der Waals surface area contributed by atoms with Gasteiger partial charge in [0.1, 0.15) is 11.5 Å². The summed E-state index contributed by atoms with van der Waals surface area (Å²) in [6, 6.07) is 6.47. The van der Waals surface area contributed by atoms with E-state index in [1.165, 1.54) is 11.1 Å². The Kier molecular flexibility index (Phi) is 3.18. The molecule has 1 aromatic rings. The van der Waals surface area contributed by atoms with Crippen LogP contribution in [-0.4, -0.2) is 12.9 Å². The average Bonchev–Trinajstić information content (AvgIpc) is 2.54. The lowest BCUT2D eigenvalue weighted by atomic mass is 9.55. The Morgan fingerprint density at radius 1 is 1.18 bits per heavy atom. The van der Waals surface area contributed by atoms with Crippen LogP contribution in [0.4, 0.5) is 0 Å². The van der Waals surface area contributed by atoms with Crippen LogP contribution in [0.25, 0.3) is 5.57 Å². The molecular weight excluding hydrogens is 272 g/mol. The Morgan fingerprint density at radius 2 is 2.05 bits per heavy atom. The predicted octanol–water partition coefficient (Wildman–Crippen LogP) is 4.56. The van der Waals surface area contributed by atoms with Crippen LogP contribution < -0.4 is 4.74 Å². The van der Waals surface area contributed by atoms with Gasteiger partial charge in [0.15, 0.2) is 0 Å². The number of allylic oxidation sites excluding steroid dienone is 2. The summed E-state index contributed by atoms with van der Waals surface area (Å²) in [5.41, 5.74) is 6.27. The molecule has 2 heteroatoms. The lowest BCUT2D eigenvalue weighted by molar-refractivity contribution is -0.124. The zero-order valence-electron chi connectivity index (χ0n) is 13.6. The number of Topliss-reactive ketones (excluding diaryl/α,β-unsaturated/α-hetero) is 1. The molecule has 1 unspecified atom stereocenters. The summed E-state index contributed by atoms with van der Waals surface area (Å²) in [5, 5.41) is 0. The van der Waals surface area contributed by atoms with E-state index in [4.69, 9.17) is 4.74 Å². The third kappa shape index (κ3) is 1.89. The van der Waals surface area contributed by atoms with Gasteiger partial charge in [0.05, 0.1) is 7.11 Å². The van der Waals surface area contributed by atoms with Crippen molar-refractivity contribution in [2.24, 2.45) is 11.3 Å². The fraction of sp³-hybridized carbons (Fsp3) is 0.550. The molecule has 0 heterocycles. The smallest absolute Gasteiger partial charge is 0.133 e. The van der Waals surface area contributed by atoms with E-state index in [2.05, 4.69) is 25.1 Å². The van der Waals surface area contributed by atoms with E-state index in [0.29, 0.717) is 11.7 Å². The molecule has 22 heavy (non-hydrogen) atoms. The average molecular weight is 296 g/mol. The number of ketones is 1. The molecular formula is C20H24O2. The first-order valence-electron chi connectivity index (χ1n) is 8.54. The van der Waals surface area contributed by atoms with Crippen LogP contribution in [0.3, 0.4) is 0 Å². The summed E-state index contributed by atoms with van der Waals surface area (Å²) in [6.07, 6.45) is 7.14. The molecule has 4 rings (SSSR count). The Balaban J connectivity index is 1.83. The highest BCUT2D eigenvalue weighted by atomic mass is 16.5. The summed E-state index contributed by atoms with van der Waals surface area (Å²) in [4.78, 5) is 11.9. The largest absolute Gasteiger partial charge is 0.496 e. The topological polar surface area (TPSA) is 26.3 Å². The molecule has 1 saturated carbocycles.